The Morgan fingerprint density at radius 1 is 1.47 bits per heavy atom. The molecule has 0 bridgehead atoms. The highest BCUT2D eigenvalue weighted by Crippen LogP contribution is 2.07. The molecule has 1 atom stereocenters. The lowest BCUT2D eigenvalue weighted by Gasteiger charge is -2.10. The molecule has 1 unspecified atom stereocenters. The topological polar surface area (TPSA) is 29.1 Å². The molecule has 1 aromatic rings. The van der Waals surface area contributed by atoms with E-state index < -0.39 is 0 Å². The Bertz CT molecular complexity index is 319. The highest BCUT2D eigenvalue weighted by atomic mass is 16.1. The van der Waals surface area contributed by atoms with E-state index >= 15 is 0 Å². The maximum absolute atomic E-state index is 11.5. The SMILES string of the molecule is C=CCNC(=O)C(C)Cc1ccccc1. The molecule has 0 aliphatic heterocycles. The molecule has 0 radical (unpaired) electrons. The number of benzene rings is 1. The van der Waals surface area contributed by atoms with Gasteiger partial charge in [-0.3, -0.25) is 4.79 Å². The maximum Gasteiger partial charge on any atom is 0.223 e. The molecule has 0 spiro atoms. The molecule has 0 aromatic heterocycles. The summed E-state index contributed by atoms with van der Waals surface area (Å²) >= 11 is 0. The van der Waals surface area contributed by atoms with Crippen molar-refractivity contribution in [3.05, 3.63) is 48.6 Å². The highest BCUT2D eigenvalue weighted by Gasteiger charge is 2.11. The number of hydrogen-bond acceptors (Lipinski definition) is 1. The van der Waals surface area contributed by atoms with Gasteiger partial charge < -0.3 is 5.32 Å². The normalized spacial score (nSPS) is 11.8. The molecule has 0 saturated heterocycles. The molecule has 2 heteroatoms. The first kappa shape index (κ1) is 11.5. The zero-order valence-corrected chi connectivity index (χ0v) is 9.07. The molecular weight excluding hydrogens is 186 g/mol. The third kappa shape index (κ3) is 3.98. The number of nitrogens with one attached hydrogen (secondary N) is 1. The van der Waals surface area contributed by atoms with Gasteiger partial charge in [0.2, 0.25) is 5.91 Å². The van der Waals surface area contributed by atoms with Gasteiger partial charge in [-0.2, -0.15) is 0 Å². The molecule has 1 N–H and O–H groups in total. The van der Waals surface area contributed by atoms with E-state index in [0.717, 1.165) is 6.42 Å². The Labute approximate surface area is 91.0 Å². The van der Waals surface area contributed by atoms with E-state index in [1.165, 1.54) is 5.56 Å². The van der Waals surface area contributed by atoms with Crippen LogP contribution >= 0.6 is 0 Å². The van der Waals surface area contributed by atoms with Crippen molar-refractivity contribution in [1.82, 2.24) is 5.32 Å². The van der Waals surface area contributed by atoms with Crippen LogP contribution in [-0.2, 0) is 11.2 Å². The largest absolute Gasteiger partial charge is 0.352 e. The lowest BCUT2D eigenvalue weighted by Crippen LogP contribution is -2.30. The summed E-state index contributed by atoms with van der Waals surface area (Å²) in [6.45, 7) is 6.04. The van der Waals surface area contributed by atoms with Crippen molar-refractivity contribution in [1.29, 1.82) is 0 Å². The minimum atomic E-state index is 0.00681. The summed E-state index contributed by atoms with van der Waals surface area (Å²) in [6.07, 6.45) is 2.47. The van der Waals surface area contributed by atoms with Gasteiger partial charge in [0.25, 0.3) is 0 Å². The van der Waals surface area contributed by atoms with E-state index in [2.05, 4.69) is 11.9 Å². The van der Waals surface area contributed by atoms with Crippen molar-refractivity contribution >= 4 is 5.91 Å². The average molecular weight is 203 g/mol. The van der Waals surface area contributed by atoms with Crippen LogP contribution in [0.25, 0.3) is 0 Å². The summed E-state index contributed by atoms with van der Waals surface area (Å²) in [5.74, 6) is 0.0890. The van der Waals surface area contributed by atoms with Crippen LogP contribution in [0, 0.1) is 5.92 Å². The summed E-state index contributed by atoms with van der Waals surface area (Å²) in [4.78, 5) is 11.5. The lowest BCUT2D eigenvalue weighted by atomic mass is 10.0. The van der Waals surface area contributed by atoms with E-state index in [1.807, 2.05) is 37.3 Å². The average Bonchev–Trinajstić information content (AvgIpc) is 2.27. The van der Waals surface area contributed by atoms with Gasteiger partial charge in [-0.05, 0) is 12.0 Å². The Morgan fingerprint density at radius 3 is 2.73 bits per heavy atom. The van der Waals surface area contributed by atoms with Crippen molar-refractivity contribution in [3.63, 3.8) is 0 Å². The fourth-order valence-corrected chi connectivity index (χ4v) is 1.41. The van der Waals surface area contributed by atoms with Crippen LogP contribution in [0.2, 0.25) is 0 Å². The first-order valence-corrected chi connectivity index (χ1v) is 5.16. The second-order valence-corrected chi connectivity index (χ2v) is 3.62. The summed E-state index contributed by atoms with van der Waals surface area (Å²) in [6, 6.07) is 10.0. The minimum absolute atomic E-state index is 0.00681. The van der Waals surface area contributed by atoms with Gasteiger partial charge >= 0.3 is 0 Å². The number of carbonyl (C=O) groups is 1. The predicted molar refractivity (Wildman–Crippen MR) is 62.5 cm³/mol. The van der Waals surface area contributed by atoms with Gasteiger partial charge in [0.05, 0.1) is 0 Å². The number of rotatable bonds is 5. The van der Waals surface area contributed by atoms with E-state index in [9.17, 15) is 4.79 Å². The molecular formula is C13H17NO. The third-order valence-electron chi connectivity index (χ3n) is 2.25. The third-order valence-corrected chi connectivity index (χ3v) is 2.25. The van der Waals surface area contributed by atoms with Gasteiger partial charge in [-0.1, -0.05) is 43.3 Å². The van der Waals surface area contributed by atoms with E-state index in [-0.39, 0.29) is 11.8 Å². The van der Waals surface area contributed by atoms with Crippen LogP contribution in [-0.4, -0.2) is 12.5 Å². The molecule has 0 heterocycles. The Balaban J connectivity index is 2.45. The van der Waals surface area contributed by atoms with Crippen molar-refractivity contribution in [2.24, 2.45) is 5.92 Å². The Hall–Kier alpha value is -1.57. The van der Waals surface area contributed by atoms with Crippen molar-refractivity contribution in [2.75, 3.05) is 6.54 Å². The van der Waals surface area contributed by atoms with Crippen LogP contribution in [0.3, 0.4) is 0 Å². The molecule has 80 valence electrons. The fraction of sp³-hybridized carbons (Fsp3) is 0.308. The fourth-order valence-electron chi connectivity index (χ4n) is 1.41. The molecule has 1 amide bonds. The molecule has 1 rings (SSSR count). The Kier molecular flexibility index (Phi) is 4.61. The summed E-state index contributed by atoms with van der Waals surface area (Å²) < 4.78 is 0. The first-order chi connectivity index (χ1) is 7.24. The van der Waals surface area contributed by atoms with Gasteiger partial charge in [0.15, 0.2) is 0 Å². The highest BCUT2D eigenvalue weighted by molar-refractivity contribution is 5.78. The molecule has 0 aliphatic rings. The molecule has 2 nitrogen and oxygen atoms in total. The van der Waals surface area contributed by atoms with E-state index in [4.69, 9.17) is 0 Å². The van der Waals surface area contributed by atoms with Crippen LogP contribution in [0.15, 0.2) is 43.0 Å². The van der Waals surface area contributed by atoms with Gasteiger partial charge in [-0.15, -0.1) is 6.58 Å². The van der Waals surface area contributed by atoms with Crippen LogP contribution in [0.5, 0.6) is 0 Å². The van der Waals surface area contributed by atoms with Crippen LogP contribution < -0.4 is 5.32 Å². The minimum Gasteiger partial charge on any atom is -0.352 e. The second kappa shape index (κ2) is 6.02. The lowest BCUT2D eigenvalue weighted by molar-refractivity contribution is -0.124. The van der Waals surface area contributed by atoms with Gasteiger partial charge in [0, 0.05) is 12.5 Å². The standard InChI is InChI=1S/C13H17NO/c1-3-9-14-13(15)11(2)10-12-7-5-4-6-8-12/h3-8,11H,1,9-10H2,2H3,(H,14,15). The monoisotopic (exact) mass is 203 g/mol. The summed E-state index contributed by atoms with van der Waals surface area (Å²) in [5.41, 5.74) is 1.19. The zero-order valence-electron chi connectivity index (χ0n) is 9.07. The van der Waals surface area contributed by atoms with Gasteiger partial charge in [0.1, 0.15) is 0 Å². The quantitative estimate of drug-likeness (QED) is 0.730. The summed E-state index contributed by atoms with van der Waals surface area (Å²) in [5, 5.41) is 2.80. The molecule has 0 aliphatic carbocycles. The van der Waals surface area contributed by atoms with E-state index in [0.29, 0.717) is 6.54 Å². The van der Waals surface area contributed by atoms with Crippen molar-refractivity contribution in [2.45, 2.75) is 13.3 Å². The van der Waals surface area contributed by atoms with Crippen molar-refractivity contribution in [3.8, 4) is 0 Å². The summed E-state index contributed by atoms with van der Waals surface area (Å²) in [7, 11) is 0. The molecule has 1 aromatic carbocycles. The molecule has 0 saturated carbocycles. The predicted octanol–water partition coefficient (Wildman–Crippen LogP) is 2.17. The Morgan fingerprint density at radius 2 is 2.13 bits per heavy atom. The first-order valence-electron chi connectivity index (χ1n) is 5.16. The number of hydrogen-bond donors (Lipinski definition) is 1. The van der Waals surface area contributed by atoms with Crippen LogP contribution in [0.4, 0.5) is 0 Å². The maximum atomic E-state index is 11.5. The van der Waals surface area contributed by atoms with Gasteiger partial charge in [-0.25, -0.2) is 0 Å². The van der Waals surface area contributed by atoms with Crippen LogP contribution in [0.1, 0.15) is 12.5 Å². The van der Waals surface area contributed by atoms with Crippen molar-refractivity contribution < 1.29 is 4.79 Å². The molecule has 0 fully saturated rings. The van der Waals surface area contributed by atoms with E-state index in [1.54, 1.807) is 6.08 Å². The number of amides is 1. The zero-order chi connectivity index (χ0) is 11.1. The molecule has 15 heavy (non-hydrogen) atoms. The smallest absolute Gasteiger partial charge is 0.223 e. The number of carbonyl (C=O) groups excluding carboxylic acids is 1. The second-order valence-electron chi connectivity index (χ2n) is 3.62.